The van der Waals surface area contributed by atoms with E-state index in [0.29, 0.717) is 24.2 Å². The van der Waals surface area contributed by atoms with Crippen LogP contribution in [-0.2, 0) is 10.0 Å². The van der Waals surface area contributed by atoms with Crippen molar-refractivity contribution in [3.05, 3.63) is 65.7 Å². The Morgan fingerprint density at radius 3 is 2.08 bits per heavy atom. The highest BCUT2D eigenvalue weighted by molar-refractivity contribution is 7.89. The van der Waals surface area contributed by atoms with Crippen molar-refractivity contribution < 1.29 is 13.2 Å². The lowest BCUT2D eigenvalue weighted by Gasteiger charge is -2.34. The van der Waals surface area contributed by atoms with Crippen LogP contribution >= 0.6 is 0 Å². The van der Waals surface area contributed by atoms with Crippen molar-refractivity contribution in [3.63, 3.8) is 0 Å². The Labute approximate surface area is 147 Å². The van der Waals surface area contributed by atoms with Crippen LogP contribution in [0.25, 0.3) is 0 Å². The number of hydrogen-bond acceptors (Lipinski definition) is 4. The summed E-state index contributed by atoms with van der Waals surface area (Å²) in [4.78, 5) is 14.3. The van der Waals surface area contributed by atoms with Crippen LogP contribution in [0.3, 0.4) is 0 Å². The van der Waals surface area contributed by atoms with Crippen molar-refractivity contribution in [2.45, 2.75) is 4.90 Å². The highest BCUT2D eigenvalue weighted by Crippen LogP contribution is 2.19. The number of sulfonamides is 1. The van der Waals surface area contributed by atoms with Gasteiger partial charge >= 0.3 is 0 Å². The molecule has 7 heteroatoms. The van der Waals surface area contributed by atoms with Gasteiger partial charge in [-0.05, 0) is 36.4 Å². The maximum Gasteiger partial charge on any atom is 0.253 e. The van der Waals surface area contributed by atoms with Crippen LogP contribution in [-0.4, -0.2) is 49.7 Å². The average molecular weight is 355 g/mol. The fourth-order valence-electron chi connectivity index (χ4n) is 2.75. The second kappa shape index (κ2) is 7.05. The van der Waals surface area contributed by atoms with Gasteiger partial charge in [0.15, 0.2) is 0 Å². The third kappa shape index (κ3) is 3.55. The molecule has 0 radical (unpaired) electrons. The highest BCUT2D eigenvalue weighted by atomic mass is 32.2. The Kier molecular flexibility index (Phi) is 4.83. The number of nitriles is 1. The first-order chi connectivity index (χ1) is 12.0. The third-order valence-corrected chi connectivity index (χ3v) is 6.08. The predicted octanol–water partition coefficient (Wildman–Crippen LogP) is 1.70. The summed E-state index contributed by atoms with van der Waals surface area (Å²) >= 11 is 0. The second-order valence-corrected chi connectivity index (χ2v) is 7.64. The van der Waals surface area contributed by atoms with Gasteiger partial charge in [-0.15, -0.1) is 0 Å². The van der Waals surface area contributed by atoms with E-state index in [2.05, 4.69) is 0 Å². The number of hydrogen-bond donors (Lipinski definition) is 0. The minimum absolute atomic E-state index is 0.0870. The molecular weight excluding hydrogens is 338 g/mol. The summed E-state index contributed by atoms with van der Waals surface area (Å²) in [5.74, 6) is -0.0870. The zero-order chi connectivity index (χ0) is 17.9. The zero-order valence-corrected chi connectivity index (χ0v) is 14.3. The Morgan fingerprint density at radius 1 is 0.920 bits per heavy atom. The number of nitrogens with zero attached hydrogens (tertiary/aromatic N) is 3. The first kappa shape index (κ1) is 17.1. The van der Waals surface area contributed by atoms with Crippen molar-refractivity contribution in [1.29, 1.82) is 5.26 Å². The van der Waals surface area contributed by atoms with Crippen molar-refractivity contribution in [2.24, 2.45) is 0 Å². The molecule has 0 aromatic heterocycles. The Hall–Kier alpha value is -2.69. The lowest BCUT2D eigenvalue weighted by Crippen LogP contribution is -2.50. The molecule has 25 heavy (non-hydrogen) atoms. The number of benzene rings is 2. The van der Waals surface area contributed by atoms with Crippen LogP contribution < -0.4 is 0 Å². The van der Waals surface area contributed by atoms with E-state index in [1.807, 2.05) is 12.1 Å². The topological polar surface area (TPSA) is 81.5 Å². The second-order valence-electron chi connectivity index (χ2n) is 5.70. The molecule has 0 aliphatic carbocycles. The molecule has 0 bridgehead atoms. The normalized spacial score (nSPS) is 15.6. The van der Waals surface area contributed by atoms with Gasteiger partial charge in [-0.1, -0.05) is 18.2 Å². The minimum atomic E-state index is -3.61. The Morgan fingerprint density at radius 2 is 1.52 bits per heavy atom. The summed E-state index contributed by atoms with van der Waals surface area (Å²) in [6, 6.07) is 16.8. The van der Waals surface area contributed by atoms with E-state index in [1.54, 1.807) is 29.2 Å². The van der Waals surface area contributed by atoms with Gasteiger partial charge in [0.25, 0.3) is 5.91 Å². The van der Waals surface area contributed by atoms with Gasteiger partial charge in [0.1, 0.15) is 0 Å². The number of piperazine rings is 1. The monoisotopic (exact) mass is 355 g/mol. The lowest BCUT2D eigenvalue weighted by atomic mass is 10.2. The Bertz CT molecular complexity index is 895. The Balaban J connectivity index is 1.69. The van der Waals surface area contributed by atoms with E-state index in [4.69, 9.17) is 5.26 Å². The van der Waals surface area contributed by atoms with E-state index in [-0.39, 0.29) is 23.9 Å². The van der Waals surface area contributed by atoms with Gasteiger partial charge in [0.2, 0.25) is 10.0 Å². The van der Waals surface area contributed by atoms with Gasteiger partial charge in [0.05, 0.1) is 16.5 Å². The molecule has 0 atom stereocenters. The van der Waals surface area contributed by atoms with Gasteiger partial charge in [-0.25, -0.2) is 8.42 Å². The zero-order valence-electron chi connectivity index (χ0n) is 13.5. The van der Waals surface area contributed by atoms with Crippen LogP contribution in [0.1, 0.15) is 15.9 Å². The predicted molar refractivity (Wildman–Crippen MR) is 92.3 cm³/mol. The first-order valence-electron chi connectivity index (χ1n) is 7.87. The molecule has 1 aliphatic heterocycles. The highest BCUT2D eigenvalue weighted by Gasteiger charge is 2.30. The van der Waals surface area contributed by atoms with E-state index in [1.165, 1.54) is 28.6 Å². The molecule has 1 amide bonds. The summed E-state index contributed by atoms with van der Waals surface area (Å²) in [6.45, 7) is 1.20. The molecule has 1 aliphatic rings. The molecule has 1 heterocycles. The maximum absolute atomic E-state index is 12.7. The van der Waals surface area contributed by atoms with Gasteiger partial charge in [-0.3, -0.25) is 4.79 Å². The number of carbonyl (C=O) groups excluding carboxylic acids is 1. The van der Waals surface area contributed by atoms with Crippen LogP contribution in [0.4, 0.5) is 0 Å². The largest absolute Gasteiger partial charge is 0.336 e. The van der Waals surface area contributed by atoms with Gasteiger partial charge in [0, 0.05) is 31.7 Å². The summed E-state index contributed by atoms with van der Waals surface area (Å²) in [6.07, 6.45) is 0. The molecule has 1 saturated heterocycles. The number of rotatable bonds is 3. The molecule has 1 fully saturated rings. The quantitative estimate of drug-likeness (QED) is 0.839. The number of amides is 1. The first-order valence-corrected chi connectivity index (χ1v) is 9.31. The summed E-state index contributed by atoms with van der Waals surface area (Å²) in [7, 11) is -3.61. The standard InChI is InChI=1S/C18H17N3O3S/c19-14-15-6-8-17(9-7-15)25(23,24)21-12-10-20(11-13-21)18(22)16-4-2-1-3-5-16/h1-9H,10-13H2. The average Bonchev–Trinajstić information content (AvgIpc) is 2.68. The molecule has 0 spiro atoms. The van der Waals surface area contributed by atoms with Gasteiger partial charge < -0.3 is 4.90 Å². The van der Waals surface area contributed by atoms with E-state index < -0.39 is 10.0 Å². The molecule has 6 nitrogen and oxygen atoms in total. The molecule has 0 unspecified atom stereocenters. The van der Waals surface area contributed by atoms with Crippen molar-refractivity contribution in [2.75, 3.05) is 26.2 Å². The maximum atomic E-state index is 12.7. The molecular formula is C18H17N3O3S. The van der Waals surface area contributed by atoms with E-state index in [0.717, 1.165) is 0 Å². The molecule has 2 aromatic carbocycles. The molecule has 128 valence electrons. The number of carbonyl (C=O) groups is 1. The summed E-state index contributed by atoms with van der Waals surface area (Å²) < 4.78 is 26.7. The third-order valence-electron chi connectivity index (χ3n) is 4.17. The minimum Gasteiger partial charge on any atom is -0.336 e. The van der Waals surface area contributed by atoms with E-state index in [9.17, 15) is 13.2 Å². The van der Waals surface area contributed by atoms with Crippen LogP contribution in [0.2, 0.25) is 0 Å². The van der Waals surface area contributed by atoms with E-state index >= 15 is 0 Å². The van der Waals surface area contributed by atoms with Crippen molar-refractivity contribution >= 4 is 15.9 Å². The lowest BCUT2D eigenvalue weighted by molar-refractivity contribution is 0.0698. The summed E-state index contributed by atoms with van der Waals surface area (Å²) in [5.41, 5.74) is 1.02. The van der Waals surface area contributed by atoms with Crippen molar-refractivity contribution in [1.82, 2.24) is 9.21 Å². The SMILES string of the molecule is N#Cc1ccc(S(=O)(=O)N2CCN(C(=O)c3ccccc3)CC2)cc1. The fourth-order valence-corrected chi connectivity index (χ4v) is 4.17. The van der Waals surface area contributed by atoms with Crippen LogP contribution in [0.5, 0.6) is 0 Å². The van der Waals surface area contributed by atoms with Crippen LogP contribution in [0.15, 0.2) is 59.5 Å². The van der Waals surface area contributed by atoms with Crippen molar-refractivity contribution in [3.8, 4) is 6.07 Å². The molecule has 0 N–H and O–H groups in total. The van der Waals surface area contributed by atoms with Crippen LogP contribution in [0, 0.1) is 11.3 Å². The smallest absolute Gasteiger partial charge is 0.253 e. The molecule has 0 saturated carbocycles. The van der Waals surface area contributed by atoms with Gasteiger partial charge in [-0.2, -0.15) is 9.57 Å². The summed E-state index contributed by atoms with van der Waals surface area (Å²) in [5, 5.41) is 8.81. The fraction of sp³-hybridized carbons (Fsp3) is 0.222. The molecule has 2 aromatic rings. The molecule has 3 rings (SSSR count).